The third-order valence-electron chi connectivity index (χ3n) is 8.78. The molecule has 0 atom stereocenters. The van der Waals surface area contributed by atoms with Crippen LogP contribution in [0.1, 0.15) is 22.3 Å². The Balaban J connectivity index is 1.60. The summed E-state index contributed by atoms with van der Waals surface area (Å²) in [6.07, 6.45) is 1.90. The second-order valence-electron chi connectivity index (χ2n) is 11.9. The molecule has 3 aromatic heterocycles. The first-order valence-corrected chi connectivity index (χ1v) is 14.9. The summed E-state index contributed by atoms with van der Waals surface area (Å²) < 4.78 is 4.70. The highest BCUT2D eigenvalue weighted by molar-refractivity contribution is 6.12. The molecule has 0 fully saturated rings. The zero-order valence-corrected chi connectivity index (χ0v) is 25.2. The summed E-state index contributed by atoms with van der Waals surface area (Å²) in [6, 6.07) is 36.8. The van der Waals surface area contributed by atoms with Gasteiger partial charge in [-0.2, -0.15) is 0 Å². The fraction of sp³-hybridized carbons (Fsp3) is 0.100. The average molecular weight is 567 g/mol. The highest BCUT2D eigenvalue weighted by Gasteiger charge is 2.24. The van der Waals surface area contributed by atoms with E-state index < -0.39 is 0 Å². The van der Waals surface area contributed by atoms with Gasteiger partial charge in [0, 0.05) is 33.3 Å². The topological polar surface area (TPSA) is 27.1 Å². The van der Waals surface area contributed by atoms with Gasteiger partial charge in [-0.3, -0.25) is 4.57 Å². The Kier molecular flexibility index (Phi) is 5.73. The number of aryl methyl sites for hydroxylation is 4. The summed E-state index contributed by atoms with van der Waals surface area (Å²) >= 11 is 0. The van der Waals surface area contributed by atoms with Crippen LogP contribution in [-0.2, 0) is 0 Å². The zero-order chi connectivity index (χ0) is 30.1. The van der Waals surface area contributed by atoms with Crippen molar-refractivity contribution in [1.82, 2.24) is 14.1 Å². The number of nitrogens with zero attached hydrogens (tertiary/aromatic N) is 4. The number of fused-ring (bicyclic) bond motifs is 6. The Morgan fingerprint density at radius 3 is 1.50 bits per heavy atom. The predicted molar refractivity (Wildman–Crippen MR) is 184 cm³/mol. The molecule has 0 saturated carbocycles. The average Bonchev–Trinajstić information content (AvgIpc) is 3.51. The first kappa shape index (κ1) is 26.0. The van der Waals surface area contributed by atoms with Crippen molar-refractivity contribution in [2.75, 3.05) is 0 Å². The number of hydrogen-bond donors (Lipinski definition) is 0. The normalized spacial score (nSPS) is 11.6. The lowest BCUT2D eigenvalue weighted by atomic mass is 10.0. The first-order valence-electron chi connectivity index (χ1n) is 14.9. The molecule has 44 heavy (non-hydrogen) atoms. The maximum atomic E-state index is 7.73. The lowest BCUT2D eigenvalue weighted by molar-refractivity contribution is 1.03. The van der Waals surface area contributed by atoms with E-state index in [9.17, 15) is 0 Å². The van der Waals surface area contributed by atoms with Crippen molar-refractivity contribution in [3.63, 3.8) is 0 Å². The van der Waals surface area contributed by atoms with Crippen LogP contribution in [0.15, 0.2) is 109 Å². The van der Waals surface area contributed by atoms with E-state index >= 15 is 0 Å². The van der Waals surface area contributed by atoms with Gasteiger partial charge in [-0.1, -0.05) is 64.7 Å². The molecule has 3 heterocycles. The van der Waals surface area contributed by atoms with Gasteiger partial charge in [0.15, 0.2) is 11.5 Å². The van der Waals surface area contributed by atoms with Crippen molar-refractivity contribution in [3.8, 4) is 22.6 Å². The van der Waals surface area contributed by atoms with Gasteiger partial charge in [0.2, 0.25) is 0 Å². The van der Waals surface area contributed by atoms with Crippen molar-refractivity contribution in [2.24, 2.45) is 0 Å². The fourth-order valence-electron chi connectivity index (χ4n) is 6.77. The molecule has 8 aromatic rings. The van der Waals surface area contributed by atoms with E-state index in [2.05, 4.69) is 127 Å². The highest BCUT2D eigenvalue weighted by atomic mass is 15.1. The van der Waals surface area contributed by atoms with Gasteiger partial charge in [0.25, 0.3) is 0 Å². The number of rotatable bonds is 3. The van der Waals surface area contributed by atoms with Crippen molar-refractivity contribution >= 4 is 49.3 Å². The molecule has 0 bridgehead atoms. The lowest BCUT2D eigenvalue weighted by Gasteiger charge is -2.20. The van der Waals surface area contributed by atoms with Crippen LogP contribution in [0.4, 0.5) is 5.69 Å². The molecule has 5 aromatic carbocycles. The quantitative estimate of drug-likeness (QED) is 0.195. The van der Waals surface area contributed by atoms with Gasteiger partial charge in [0.1, 0.15) is 0 Å². The number of hydrogen-bond acceptors (Lipinski definition) is 1. The predicted octanol–water partition coefficient (Wildman–Crippen LogP) is 10.7. The smallest absolute Gasteiger partial charge is 0.187 e. The third-order valence-corrected chi connectivity index (χ3v) is 8.78. The molecule has 0 N–H and O–H groups in total. The van der Waals surface area contributed by atoms with Gasteiger partial charge in [0.05, 0.1) is 34.3 Å². The van der Waals surface area contributed by atoms with E-state index in [1.54, 1.807) is 0 Å². The van der Waals surface area contributed by atoms with Crippen LogP contribution in [0.2, 0.25) is 0 Å². The van der Waals surface area contributed by atoms with E-state index in [1.165, 1.54) is 43.8 Å². The van der Waals surface area contributed by atoms with Gasteiger partial charge in [-0.05, 0) is 93.9 Å². The van der Waals surface area contributed by atoms with Crippen LogP contribution >= 0.6 is 0 Å². The summed E-state index contributed by atoms with van der Waals surface area (Å²) in [6.45, 7) is 16.3. The fourth-order valence-corrected chi connectivity index (χ4v) is 6.77. The standard InChI is InChI=1S/C40H30N4/c1-24-9-13-35-31(19-24)32-20-25(2)10-14-36(32)43(35)39-30(28-7-6-8-29(23-28)41-5)17-18-42-40(39)44-37-15-11-26(3)21-33(37)34-22-27(4)12-16-38(34)44/h6-23H,1-4H3. The maximum absolute atomic E-state index is 7.73. The van der Waals surface area contributed by atoms with Crippen LogP contribution in [0.5, 0.6) is 0 Å². The van der Waals surface area contributed by atoms with E-state index in [0.29, 0.717) is 5.69 Å². The molecule has 0 saturated heterocycles. The summed E-state index contributed by atoms with van der Waals surface area (Å²) in [7, 11) is 0. The minimum atomic E-state index is 0.614. The molecule has 0 aliphatic rings. The second kappa shape index (κ2) is 9.69. The van der Waals surface area contributed by atoms with Gasteiger partial charge in [-0.25, -0.2) is 9.83 Å². The molecule has 210 valence electrons. The van der Waals surface area contributed by atoms with Crippen molar-refractivity contribution in [1.29, 1.82) is 0 Å². The van der Waals surface area contributed by atoms with Gasteiger partial charge < -0.3 is 4.57 Å². The van der Waals surface area contributed by atoms with E-state index in [-0.39, 0.29) is 0 Å². The van der Waals surface area contributed by atoms with Crippen LogP contribution in [-0.4, -0.2) is 14.1 Å². The molecule has 8 rings (SSSR count). The van der Waals surface area contributed by atoms with Gasteiger partial charge in [-0.15, -0.1) is 0 Å². The van der Waals surface area contributed by atoms with Crippen LogP contribution in [0.25, 0.3) is 71.1 Å². The largest absolute Gasteiger partial charge is 0.305 e. The monoisotopic (exact) mass is 566 g/mol. The van der Waals surface area contributed by atoms with Gasteiger partial charge >= 0.3 is 0 Å². The molecule has 4 heteroatoms. The number of aromatic nitrogens is 3. The zero-order valence-electron chi connectivity index (χ0n) is 25.2. The van der Waals surface area contributed by atoms with Crippen LogP contribution in [0, 0.1) is 34.3 Å². The van der Waals surface area contributed by atoms with Crippen molar-refractivity contribution < 1.29 is 0 Å². The summed E-state index contributed by atoms with van der Waals surface area (Å²) in [5, 5.41) is 4.86. The van der Waals surface area contributed by atoms with E-state index in [4.69, 9.17) is 11.6 Å². The molecular weight excluding hydrogens is 536 g/mol. The first-order chi connectivity index (χ1) is 21.4. The molecule has 4 nitrogen and oxygen atoms in total. The maximum Gasteiger partial charge on any atom is 0.187 e. The number of pyridine rings is 1. The number of benzene rings is 5. The molecule has 0 unspecified atom stereocenters. The Morgan fingerprint density at radius 1 is 0.545 bits per heavy atom. The Bertz CT molecular complexity index is 2380. The SMILES string of the molecule is [C-]#[N+]c1cccc(-c2ccnc(-n3c4ccc(C)cc4c4cc(C)ccc43)c2-n2c3ccc(C)cc3c3cc(C)ccc32)c1. The van der Waals surface area contributed by atoms with Crippen molar-refractivity contribution in [2.45, 2.75) is 27.7 Å². The summed E-state index contributed by atoms with van der Waals surface area (Å²) in [5.41, 5.74) is 13.0. The van der Waals surface area contributed by atoms with Crippen LogP contribution in [0.3, 0.4) is 0 Å². The lowest BCUT2D eigenvalue weighted by Crippen LogP contribution is -2.08. The Labute approximate surface area is 256 Å². The molecule has 0 aliphatic carbocycles. The summed E-state index contributed by atoms with van der Waals surface area (Å²) in [4.78, 5) is 8.94. The van der Waals surface area contributed by atoms with Crippen LogP contribution < -0.4 is 0 Å². The molecule has 0 spiro atoms. The summed E-state index contributed by atoms with van der Waals surface area (Å²) in [5.74, 6) is 0.850. The molecule has 0 amide bonds. The van der Waals surface area contributed by atoms with Crippen molar-refractivity contribution in [3.05, 3.63) is 143 Å². The molecule has 0 aliphatic heterocycles. The Morgan fingerprint density at radius 2 is 1.02 bits per heavy atom. The highest BCUT2D eigenvalue weighted by Crippen LogP contribution is 2.42. The molecule has 0 radical (unpaired) electrons. The van der Waals surface area contributed by atoms with E-state index in [1.807, 2.05) is 24.4 Å². The van der Waals surface area contributed by atoms with E-state index in [0.717, 1.165) is 44.7 Å². The second-order valence-corrected chi connectivity index (χ2v) is 11.9. The Hall–Kier alpha value is -5.66. The third kappa shape index (κ3) is 3.87. The minimum absolute atomic E-state index is 0.614. The minimum Gasteiger partial charge on any atom is -0.305 e. The molecular formula is C40H30N4.